The van der Waals surface area contributed by atoms with Gasteiger partial charge in [0.2, 0.25) is 5.75 Å². The Labute approximate surface area is 192 Å². The van der Waals surface area contributed by atoms with Gasteiger partial charge in [-0.3, -0.25) is 9.59 Å². The van der Waals surface area contributed by atoms with Gasteiger partial charge < -0.3 is 19.7 Å². The van der Waals surface area contributed by atoms with E-state index in [0.717, 1.165) is 11.1 Å². The maximum absolute atomic E-state index is 13.6. The lowest BCUT2D eigenvalue weighted by atomic mass is 9.66. The quantitative estimate of drug-likeness (QED) is 0.711. The van der Waals surface area contributed by atoms with E-state index in [1.807, 2.05) is 20.8 Å². The van der Waals surface area contributed by atoms with Crippen LogP contribution in [0.3, 0.4) is 0 Å². The molecule has 6 heteroatoms. The molecule has 0 bridgehead atoms. The van der Waals surface area contributed by atoms with Crippen LogP contribution >= 0.6 is 0 Å². The summed E-state index contributed by atoms with van der Waals surface area (Å²) in [6.07, 6.45) is 1.59. The molecule has 0 heterocycles. The molecule has 2 N–H and O–H groups in total. The zero-order valence-electron chi connectivity index (χ0n) is 19.5. The Kier molecular flexibility index (Phi) is 4.35. The maximum atomic E-state index is 13.6. The lowest BCUT2D eigenvalue weighted by Gasteiger charge is -2.36. The number of ketones is 2. The van der Waals surface area contributed by atoms with Crippen molar-refractivity contribution in [2.45, 2.75) is 33.6 Å². The van der Waals surface area contributed by atoms with Crippen LogP contribution in [0.2, 0.25) is 0 Å². The fourth-order valence-corrected chi connectivity index (χ4v) is 5.76. The van der Waals surface area contributed by atoms with E-state index in [-0.39, 0.29) is 40.5 Å². The molecule has 0 saturated carbocycles. The molecule has 0 amide bonds. The van der Waals surface area contributed by atoms with E-state index in [1.54, 1.807) is 31.2 Å². The fourth-order valence-electron chi connectivity index (χ4n) is 5.76. The first-order valence-corrected chi connectivity index (χ1v) is 10.9. The molecule has 2 aromatic rings. The van der Waals surface area contributed by atoms with Gasteiger partial charge in [-0.25, -0.2) is 0 Å². The van der Waals surface area contributed by atoms with E-state index < -0.39 is 11.3 Å². The van der Waals surface area contributed by atoms with E-state index in [2.05, 4.69) is 0 Å². The first-order chi connectivity index (χ1) is 15.5. The first-order valence-electron chi connectivity index (χ1n) is 10.9. The van der Waals surface area contributed by atoms with Crippen molar-refractivity contribution in [2.24, 2.45) is 11.3 Å². The number of allylic oxidation sites excluding steroid dienone is 4. The zero-order valence-corrected chi connectivity index (χ0v) is 19.5. The van der Waals surface area contributed by atoms with Crippen molar-refractivity contribution in [3.8, 4) is 23.0 Å². The normalized spacial score (nSPS) is 22.3. The van der Waals surface area contributed by atoms with Crippen LogP contribution in [0, 0.1) is 18.3 Å². The lowest BCUT2D eigenvalue weighted by molar-refractivity contribution is -0.121. The van der Waals surface area contributed by atoms with Crippen molar-refractivity contribution in [1.82, 2.24) is 0 Å². The molecule has 2 aromatic carbocycles. The molecular weight excluding hydrogens is 420 g/mol. The summed E-state index contributed by atoms with van der Waals surface area (Å²) < 4.78 is 10.7. The standard InChI is InChI=1S/C27H26O6/c1-11-7-14-16(28)10-15-22-20(26(31)27(15,3)4)12(2)19(23(21(14)22)24(11)29)13-8-17(32-5)25(30)18(9-13)33-6/h7-10,12,19,29-30H,1-6H3/t12-,19+/m0/s1. The summed E-state index contributed by atoms with van der Waals surface area (Å²) in [6, 6.07) is 5.10. The van der Waals surface area contributed by atoms with Crippen LogP contribution in [0.1, 0.15) is 59.3 Å². The molecule has 0 unspecified atom stereocenters. The van der Waals surface area contributed by atoms with Gasteiger partial charge in [0, 0.05) is 28.2 Å². The third kappa shape index (κ3) is 2.55. The summed E-state index contributed by atoms with van der Waals surface area (Å²) in [5.74, 6) is -0.479. The minimum absolute atomic E-state index is 0.00896. The number of benzene rings is 2. The number of ether oxygens (including phenoxy) is 2. The van der Waals surface area contributed by atoms with Crippen LogP contribution in [0.5, 0.6) is 23.0 Å². The van der Waals surface area contributed by atoms with Crippen molar-refractivity contribution in [1.29, 1.82) is 0 Å². The minimum atomic E-state index is -0.830. The average molecular weight is 446 g/mol. The number of carbonyl (C=O) groups excluding carboxylic acids is 2. The van der Waals surface area contributed by atoms with Crippen LogP contribution in [-0.2, 0) is 4.79 Å². The van der Waals surface area contributed by atoms with Gasteiger partial charge in [0.25, 0.3) is 0 Å². The highest BCUT2D eigenvalue weighted by Crippen LogP contribution is 2.61. The number of aromatic hydroxyl groups is 2. The van der Waals surface area contributed by atoms with Crippen LogP contribution in [0.15, 0.2) is 35.4 Å². The van der Waals surface area contributed by atoms with Gasteiger partial charge in [-0.1, -0.05) is 6.92 Å². The molecule has 0 saturated heterocycles. The third-order valence-corrected chi connectivity index (χ3v) is 7.47. The van der Waals surface area contributed by atoms with Crippen molar-refractivity contribution in [3.05, 3.63) is 63.2 Å². The minimum Gasteiger partial charge on any atom is -0.507 e. The van der Waals surface area contributed by atoms with Crippen molar-refractivity contribution < 1.29 is 29.3 Å². The highest BCUT2D eigenvalue weighted by atomic mass is 16.5. The Morgan fingerprint density at radius 1 is 0.970 bits per heavy atom. The Bertz CT molecular complexity index is 1320. The van der Waals surface area contributed by atoms with Crippen molar-refractivity contribution in [3.63, 3.8) is 0 Å². The second-order valence-corrected chi connectivity index (χ2v) is 9.58. The van der Waals surface area contributed by atoms with Gasteiger partial charge in [-0.15, -0.1) is 0 Å². The van der Waals surface area contributed by atoms with Gasteiger partial charge in [0.15, 0.2) is 23.1 Å². The fraction of sp³-hybridized carbons (Fsp3) is 0.333. The monoisotopic (exact) mass is 446 g/mol. The molecule has 5 rings (SSSR count). The van der Waals surface area contributed by atoms with Gasteiger partial charge in [0.05, 0.1) is 19.6 Å². The molecule has 2 atom stereocenters. The Morgan fingerprint density at radius 3 is 2.15 bits per heavy atom. The summed E-state index contributed by atoms with van der Waals surface area (Å²) in [4.78, 5) is 26.8. The molecule has 0 spiro atoms. The Morgan fingerprint density at radius 2 is 1.58 bits per heavy atom. The smallest absolute Gasteiger partial charge is 0.200 e. The highest BCUT2D eigenvalue weighted by molar-refractivity contribution is 6.26. The van der Waals surface area contributed by atoms with E-state index in [4.69, 9.17) is 9.47 Å². The summed E-state index contributed by atoms with van der Waals surface area (Å²) in [6.45, 7) is 7.43. The number of carbonyl (C=O) groups is 2. The van der Waals surface area contributed by atoms with Gasteiger partial charge >= 0.3 is 0 Å². The molecule has 170 valence electrons. The van der Waals surface area contributed by atoms with Gasteiger partial charge in [-0.05, 0) is 73.2 Å². The van der Waals surface area contributed by atoms with Crippen molar-refractivity contribution >= 4 is 17.1 Å². The third-order valence-electron chi connectivity index (χ3n) is 7.47. The largest absolute Gasteiger partial charge is 0.507 e. The summed E-state index contributed by atoms with van der Waals surface area (Å²) in [5, 5.41) is 21.7. The predicted molar refractivity (Wildman–Crippen MR) is 123 cm³/mol. The van der Waals surface area contributed by atoms with Crippen LogP contribution in [0.4, 0.5) is 0 Å². The molecule has 6 nitrogen and oxygen atoms in total. The highest BCUT2D eigenvalue weighted by Gasteiger charge is 2.53. The number of aryl methyl sites for hydroxylation is 1. The second-order valence-electron chi connectivity index (χ2n) is 9.58. The molecule has 33 heavy (non-hydrogen) atoms. The first kappa shape index (κ1) is 21.3. The Hall–Kier alpha value is -3.54. The topological polar surface area (TPSA) is 93.1 Å². The molecular formula is C27H26O6. The predicted octanol–water partition coefficient (Wildman–Crippen LogP) is 4.69. The molecule has 3 aliphatic carbocycles. The number of hydrogen-bond acceptors (Lipinski definition) is 6. The summed E-state index contributed by atoms with van der Waals surface area (Å²) in [5.41, 5.74) is 4.41. The van der Waals surface area contributed by atoms with Crippen molar-refractivity contribution in [2.75, 3.05) is 14.2 Å². The van der Waals surface area contributed by atoms with Gasteiger partial charge in [-0.2, -0.15) is 0 Å². The molecule has 0 fully saturated rings. The van der Waals surface area contributed by atoms with Gasteiger partial charge in [0.1, 0.15) is 5.75 Å². The number of hydrogen-bond donors (Lipinski definition) is 2. The number of phenols is 2. The second kappa shape index (κ2) is 6.73. The number of methoxy groups -OCH3 is 2. The van der Waals surface area contributed by atoms with E-state index in [1.165, 1.54) is 14.2 Å². The number of Topliss-reactive ketones (excluding diaryl/α,β-unsaturated/α-hetero) is 1. The zero-order chi connectivity index (χ0) is 24.0. The van der Waals surface area contributed by atoms with E-state index in [9.17, 15) is 19.8 Å². The lowest BCUT2D eigenvalue weighted by Crippen LogP contribution is -2.26. The number of rotatable bonds is 3. The Balaban J connectivity index is 1.90. The molecule has 0 aromatic heterocycles. The summed E-state index contributed by atoms with van der Waals surface area (Å²) >= 11 is 0. The average Bonchev–Trinajstić information content (AvgIpc) is 2.97. The SMILES string of the molecule is COc1cc([C@@H]2c3c(O)c(C)cc4c3C3=C(C(=O)C(C)(C)C3=CC4=O)[C@H]2C)cc(OC)c1O. The van der Waals surface area contributed by atoms with E-state index in [0.29, 0.717) is 33.4 Å². The molecule has 3 aliphatic rings. The van der Waals surface area contributed by atoms with E-state index >= 15 is 0 Å². The molecule has 0 radical (unpaired) electrons. The van der Waals surface area contributed by atoms with Crippen LogP contribution in [0.25, 0.3) is 5.57 Å². The van der Waals surface area contributed by atoms with Crippen LogP contribution in [-0.4, -0.2) is 36.0 Å². The van der Waals surface area contributed by atoms with Crippen LogP contribution < -0.4 is 9.47 Å². The maximum Gasteiger partial charge on any atom is 0.200 e. The summed E-state index contributed by atoms with van der Waals surface area (Å²) in [7, 11) is 2.90. The number of phenolic OH excluding ortho intramolecular Hbond substituents is 2. The molecule has 0 aliphatic heterocycles.